The number of benzene rings is 2. The van der Waals surface area contributed by atoms with Crippen molar-refractivity contribution >= 4 is 11.4 Å². The van der Waals surface area contributed by atoms with Crippen molar-refractivity contribution in [2.24, 2.45) is 0 Å². The van der Waals surface area contributed by atoms with Crippen LogP contribution in [0.25, 0.3) is 0 Å². The van der Waals surface area contributed by atoms with Gasteiger partial charge in [0.15, 0.2) is 0 Å². The maximum atomic E-state index is 9.27. The third-order valence-electron chi connectivity index (χ3n) is 3.50. The SMILES string of the molecule is COc1ccc(C#N)c(N2CCc3ccccc32)c1. The molecular weight excluding hydrogens is 236 g/mol. The standard InChI is InChI=1S/C16H14N2O/c1-19-14-7-6-13(11-17)16(10-14)18-9-8-12-4-2-3-5-15(12)18/h2-7,10H,8-9H2,1H3. The maximum Gasteiger partial charge on any atom is 0.121 e. The van der Waals surface area contributed by atoms with Crippen molar-refractivity contribution in [3.8, 4) is 11.8 Å². The normalized spacial score (nSPS) is 12.9. The molecule has 0 amide bonds. The first-order valence-electron chi connectivity index (χ1n) is 6.27. The van der Waals surface area contributed by atoms with Crippen LogP contribution in [0.15, 0.2) is 42.5 Å². The fourth-order valence-corrected chi connectivity index (χ4v) is 2.54. The quantitative estimate of drug-likeness (QED) is 0.820. The Kier molecular flexibility index (Phi) is 2.85. The van der Waals surface area contributed by atoms with Crippen molar-refractivity contribution in [1.82, 2.24) is 0 Å². The molecule has 2 aromatic rings. The molecule has 3 heteroatoms. The summed E-state index contributed by atoms with van der Waals surface area (Å²) in [6, 6.07) is 16.2. The van der Waals surface area contributed by atoms with Gasteiger partial charge in [-0.2, -0.15) is 5.26 Å². The number of anilines is 2. The van der Waals surface area contributed by atoms with Gasteiger partial charge in [0.1, 0.15) is 11.8 Å². The van der Waals surface area contributed by atoms with E-state index in [2.05, 4.69) is 29.2 Å². The van der Waals surface area contributed by atoms with Crippen LogP contribution in [0.1, 0.15) is 11.1 Å². The smallest absolute Gasteiger partial charge is 0.121 e. The van der Waals surface area contributed by atoms with Gasteiger partial charge < -0.3 is 9.64 Å². The number of fused-ring (bicyclic) bond motifs is 1. The molecule has 0 radical (unpaired) electrons. The second kappa shape index (κ2) is 4.66. The second-order valence-electron chi connectivity index (χ2n) is 4.53. The number of para-hydroxylation sites is 1. The molecule has 1 aliphatic heterocycles. The van der Waals surface area contributed by atoms with Gasteiger partial charge in [-0.1, -0.05) is 18.2 Å². The average Bonchev–Trinajstić information content (AvgIpc) is 2.90. The lowest BCUT2D eigenvalue weighted by atomic mass is 10.1. The Morgan fingerprint density at radius 1 is 1.16 bits per heavy atom. The van der Waals surface area contributed by atoms with E-state index in [-0.39, 0.29) is 0 Å². The van der Waals surface area contributed by atoms with Crippen molar-refractivity contribution < 1.29 is 4.74 Å². The monoisotopic (exact) mass is 250 g/mol. The molecule has 0 unspecified atom stereocenters. The van der Waals surface area contributed by atoms with Crippen LogP contribution in [0, 0.1) is 11.3 Å². The Labute approximate surface area is 112 Å². The molecule has 94 valence electrons. The lowest BCUT2D eigenvalue weighted by Gasteiger charge is -2.21. The van der Waals surface area contributed by atoms with Crippen molar-refractivity contribution in [2.45, 2.75) is 6.42 Å². The largest absolute Gasteiger partial charge is 0.497 e. The lowest BCUT2D eigenvalue weighted by molar-refractivity contribution is 0.415. The van der Waals surface area contributed by atoms with E-state index in [0.717, 1.165) is 24.4 Å². The molecule has 0 bridgehead atoms. The van der Waals surface area contributed by atoms with Gasteiger partial charge in [-0.05, 0) is 30.2 Å². The molecule has 0 aliphatic carbocycles. The predicted octanol–water partition coefficient (Wildman–Crippen LogP) is 3.26. The number of nitrogens with zero attached hydrogens (tertiary/aromatic N) is 2. The first kappa shape index (κ1) is 11.6. The highest BCUT2D eigenvalue weighted by atomic mass is 16.5. The van der Waals surface area contributed by atoms with Crippen LogP contribution < -0.4 is 9.64 Å². The molecule has 0 atom stereocenters. The maximum absolute atomic E-state index is 9.27. The second-order valence-corrected chi connectivity index (χ2v) is 4.53. The molecule has 3 rings (SSSR count). The molecular formula is C16H14N2O. The number of ether oxygens (including phenoxy) is 1. The molecule has 2 aromatic carbocycles. The Hall–Kier alpha value is -2.47. The molecule has 3 nitrogen and oxygen atoms in total. The van der Waals surface area contributed by atoms with E-state index >= 15 is 0 Å². The van der Waals surface area contributed by atoms with Gasteiger partial charge in [0.2, 0.25) is 0 Å². The zero-order chi connectivity index (χ0) is 13.2. The van der Waals surface area contributed by atoms with E-state index in [1.165, 1.54) is 11.3 Å². The van der Waals surface area contributed by atoms with Crippen LogP contribution in [0.5, 0.6) is 5.75 Å². The predicted molar refractivity (Wildman–Crippen MR) is 74.9 cm³/mol. The van der Waals surface area contributed by atoms with E-state index < -0.39 is 0 Å². The van der Waals surface area contributed by atoms with Gasteiger partial charge in [0.25, 0.3) is 0 Å². The van der Waals surface area contributed by atoms with Crippen molar-refractivity contribution in [2.75, 3.05) is 18.6 Å². The molecule has 0 saturated carbocycles. The van der Waals surface area contributed by atoms with Gasteiger partial charge in [-0.3, -0.25) is 0 Å². The number of hydrogen-bond acceptors (Lipinski definition) is 3. The van der Waals surface area contributed by atoms with Crippen molar-refractivity contribution in [1.29, 1.82) is 5.26 Å². The Morgan fingerprint density at radius 2 is 2.00 bits per heavy atom. The van der Waals surface area contributed by atoms with Gasteiger partial charge in [0.05, 0.1) is 18.4 Å². The molecule has 0 aromatic heterocycles. The fraction of sp³-hybridized carbons (Fsp3) is 0.188. The van der Waals surface area contributed by atoms with Crippen molar-refractivity contribution in [3.05, 3.63) is 53.6 Å². The summed E-state index contributed by atoms with van der Waals surface area (Å²) < 4.78 is 5.27. The van der Waals surface area contributed by atoms with Crippen LogP contribution in [-0.4, -0.2) is 13.7 Å². The summed E-state index contributed by atoms with van der Waals surface area (Å²) in [6.07, 6.45) is 1.01. The van der Waals surface area contributed by atoms with E-state index in [9.17, 15) is 5.26 Å². The molecule has 0 spiro atoms. The van der Waals surface area contributed by atoms with Crippen LogP contribution >= 0.6 is 0 Å². The number of methoxy groups -OCH3 is 1. The Balaban J connectivity index is 2.11. The summed E-state index contributed by atoms with van der Waals surface area (Å²) >= 11 is 0. The van der Waals surface area contributed by atoms with E-state index in [4.69, 9.17) is 4.74 Å². The lowest BCUT2D eigenvalue weighted by Crippen LogP contribution is -2.14. The van der Waals surface area contributed by atoms with Crippen molar-refractivity contribution in [3.63, 3.8) is 0 Å². The Bertz CT molecular complexity index is 658. The summed E-state index contributed by atoms with van der Waals surface area (Å²) in [7, 11) is 1.64. The average molecular weight is 250 g/mol. The molecule has 0 fully saturated rings. The number of rotatable bonds is 2. The third kappa shape index (κ3) is 1.92. The zero-order valence-corrected chi connectivity index (χ0v) is 10.8. The van der Waals surface area contributed by atoms with Gasteiger partial charge in [-0.15, -0.1) is 0 Å². The highest BCUT2D eigenvalue weighted by molar-refractivity contribution is 5.75. The fourth-order valence-electron chi connectivity index (χ4n) is 2.54. The minimum Gasteiger partial charge on any atom is -0.497 e. The van der Waals surface area contributed by atoms with Crippen LogP contribution in [-0.2, 0) is 6.42 Å². The zero-order valence-electron chi connectivity index (χ0n) is 10.8. The van der Waals surface area contributed by atoms with Crippen LogP contribution in [0.4, 0.5) is 11.4 Å². The highest BCUT2D eigenvalue weighted by Gasteiger charge is 2.22. The molecule has 0 N–H and O–H groups in total. The summed E-state index contributed by atoms with van der Waals surface area (Å²) in [6.45, 7) is 0.904. The van der Waals surface area contributed by atoms with E-state index in [1.54, 1.807) is 7.11 Å². The summed E-state index contributed by atoms with van der Waals surface area (Å²) in [5.74, 6) is 0.776. The summed E-state index contributed by atoms with van der Waals surface area (Å²) in [5, 5.41) is 9.27. The van der Waals surface area contributed by atoms with Crippen LogP contribution in [0.3, 0.4) is 0 Å². The molecule has 1 heterocycles. The molecule has 1 aliphatic rings. The Morgan fingerprint density at radius 3 is 2.79 bits per heavy atom. The van der Waals surface area contributed by atoms with E-state index in [0.29, 0.717) is 5.56 Å². The minimum atomic E-state index is 0.678. The first-order valence-corrected chi connectivity index (χ1v) is 6.27. The first-order chi connectivity index (χ1) is 9.33. The van der Waals surface area contributed by atoms with Gasteiger partial charge in [0, 0.05) is 18.3 Å². The highest BCUT2D eigenvalue weighted by Crippen LogP contribution is 2.37. The minimum absolute atomic E-state index is 0.678. The number of hydrogen-bond donors (Lipinski definition) is 0. The molecule has 0 saturated heterocycles. The van der Waals surface area contributed by atoms with Gasteiger partial charge >= 0.3 is 0 Å². The van der Waals surface area contributed by atoms with Crippen LogP contribution in [0.2, 0.25) is 0 Å². The summed E-state index contributed by atoms with van der Waals surface area (Å²) in [4.78, 5) is 2.19. The van der Waals surface area contributed by atoms with Gasteiger partial charge in [-0.25, -0.2) is 0 Å². The van der Waals surface area contributed by atoms with E-state index in [1.807, 2.05) is 24.3 Å². The third-order valence-corrected chi connectivity index (χ3v) is 3.50. The summed E-state index contributed by atoms with van der Waals surface area (Å²) in [5.41, 5.74) is 4.12. The molecule has 19 heavy (non-hydrogen) atoms. The number of nitriles is 1. The topological polar surface area (TPSA) is 36.3 Å².